The van der Waals surface area contributed by atoms with Gasteiger partial charge in [-0.15, -0.1) is 5.10 Å². The first-order chi connectivity index (χ1) is 26.2. The summed E-state index contributed by atoms with van der Waals surface area (Å²) < 4.78 is 188. The van der Waals surface area contributed by atoms with Gasteiger partial charge in [0.25, 0.3) is 17.8 Å². The van der Waals surface area contributed by atoms with Crippen molar-refractivity contribution in [2.24, 2.45) is 5.84 Å². The van der Waals surface area contributed by atoms with Gasteiger partial charge < -0.3 is 19.0 Å². The molecule has 0 atom stereocenters. The zero-order valence-electron chi connectivity index (χ0n) is 28.3. The van der Waals surface area contributed by atoms with Gasteiger partial charge in [-0.1, -0.05) is 0 Å². The number of esters is 1. The molecular weight excluding hydrogens is 814 g/mol. The minimum absolute atomic E-state index is 0.0818. The normalized spacial score (nSPS) is 15.9. The van der Waals surface area contributed by atoms with E-state index in [1.807, 2.05) is 5.10 Å². The fourth-order valence-corrected chi connectivity index (χ4v) is 5.14. The van der Waals surface area contributed by atoms with Crippen LogP contribution in [0.3, 0.4) is 0 Å². The van der Waals surface area contributed by atoms with E-state index >= 15 is 0 Å². The molecule has 1 amide bonds. The van der Waals surface area contributed by atoms with E-state index in [-0.39, 0.29) is 34.0 Å². The SMILES string of the molecule is COC(=O)c1ccc(F)c(C(F)(F)F)c1.NNC(=O)c1ccc(N2CC(F)(F)C2)c(C(F)(F)F)c1.O=c1[nH]nc(-c2ccc(N3CC(F)(F)C3)c(C(F)(F)F)c2)o1. The fraction of sp³-hybridized carbons (Fsp3) is 0.312. The third-order valence-corrected chi connectivity index (χ3v) is 7.75. The summed E-state index contributed by atoms with van der Waals surface area (Å²) in [4.78, 5) is 34.8. The number of benzene rings is 3. The van der Waals surface area contributed by atoms with Gasteiger partial charge in [0.15, 0.2) is 0 Å². The summed E-state index contributed by atoms with van der Waals surface area (Å²) in [5.41, 5.74) is -3.45. The Kier molecular flexibility index (Phi) is 12.3. The van der Waals surface area contributed by atoms with Crippen molar-refractivity contribution in [1.82, 2.24) is 15.6 Å². The molecule has 310 valence electrons. The molecule has 0 aliphatic carbocycles. The number of hydrazine groups is 1. The topological polar surface area (TPSA) is 147 Å². The minimum atomic E-state index is -4.83. The molecular formula is C32H24F14N6O5. The van der Waals surface area contributed by atoms with Gasteiger partial charge in [-0.25, -0.2) is 42.5 Å². The molecule has 11 nitrogen and oxygen atoms in total. The number of alkyl halides is 13. The summed E-state index contributed by atoms with van der Waals surface area (Å²) in [5, 5.41) is 5.37. The Morgan fingerprint density at radius 2 is 1.21 bits per heavy atom. The first kappa shape index (κ1) is 43.8. The van der Waals surface area contributed by atoms with Gasteiger partial charge >= 0.3 is 30.3 Å². The molecule has 57 heavy (non-hydrogen) atoms. The van der Waals surface area contributed by atoms with Crippen molar-refractivity contribution in [3.8, 4) is 11.5 Å². The van der Waals surface area contributed by atoms with E-state index in [2.05, 4.69) is 14.3 Å². The molecule has 3 aromatic carbocycles. The molecule has 2 aliphatic heterocycles. The van der Waals surface area contributed by atoms with Gasteiger partial charge in [0.05, 0.1) is 55.5 Å². The maximum absolute atomic E-state index is 13.1. The number of nitrogens with zero attached hydrogens (tertiary/aromatic N) is 3. The first-order valence-corrected chi connectivity index (χ1v) is 15.4. The number of hydrogen-bond acceptors (Lipinski definition) is 9. The largest absolute Gasteiger partial charge is 0.465 e. The number of aromatic amines is 1. The summed E-state index contributed by atoms with van der Waals surface area (Å²) in [6.07, 6.45) is -14.3. The van der Waals surface area contributed by atoms with Crippen molar-refractivity contribution in [3.05, 3.63) is 98.8 Å². The van der Waals surface area contributed by atoms with Crippen LogP contribution in [0.1, 0.15) is 37.4 Å². The van der Waals surface area contributed by atoms with Crippen LogP contribution in [0.4, 0.5) is 72.8 Å². The highest BCUT2D eigenvalue weighted by Gasteiger charge is 2.48. The van der Waals surface area contributed by atoms with Crippen LogP contribution >= 0.6 is 0 Å². The highest BCUT2D eigenvalue weighted by atomic mass is 19.4. The first-order valence-electron chi connectivity index (χ1n) is 15.4. The van der Waals surface area contributed by atoms with Crippen LogP contribution < -0.4 is 26.8 Å². The van der Waals surface area contributed by atoms with E-state index in [9.17, 15) is 75.8 Å². The average Bonchev–Trinajstić information content (AvgIpc) is 3.53. The van der Waals surface area contributed by atoms with Gasteiger partial charge in [-0.3, -0.25) is 10.2 Å². The molecule has 0 saturated carbocycles. The molecule has 2 saturated heterocycles. The van der Waals surface area contributed by atoms with Crippen LogP contribution in [0.5, 0.6) is 0 Å². The van der Waals surface area contributed by atoms with Crippen LogP contribution in [0, 0.1) is 5.82 Å². The van der Waals surface area contributed by atoms with Crippen molar-refractivity contribution >= 4 is 23.3 Å². The summed E-state index contributed by atoms with van der Waals surface area (Å²) in [6.45, 7) is -3.10. The molecule has 3 heterocycles. The molecule has 1 aromatic heterocycles. The third kappa shape index (κ3) is 10.7. The van der Waals surface area contributed by atoms with Gasteiger partial charge in [0, 0.05) is 22.5 Å². The van der Waals surface area contributed by atoms with Crippen molar-refractivity contribution in [1.29, 1.82) is 0 Å². The van der Waals surface area contributed by atoms with Crippen molar-refractivity contribution < 1.29 is 80.2 Å². The lowest BCUT2D eigenvalue weighted by molar-refractivity contribution is -0.140. The number of methoxy groups -OCH3 is 1. The Morgan fingerprint density at radius 1 is 0.754 bits per heavy atom. The molecule has 0 unspecified atom stereocenters. The van der Waals surface area contributed by atoms with E-state index in [1.54, 1.807) is 5.43 Å². The monoisotopic (exact) mass is 838 g/mol. The number of H-pyrrole nitrogens is 1. The van der Waals surface area contributed by atoms with Crippen LogP contribution in [0.2, 0.25) is 0 Å². The molecule has 0 bridgehead atoms. The maximum atomic E-state index is 13.1. The van der Waals surface area contributed by atoms with E-state index in [0.717, 1.165) is 41.2 Å². The highest BCUT2D eigenvalue weighted by Crippen LogP contribution is 2.43. The van der Waals surface area contributed by atoms with Crippen molar-refractivity contribution in [2.75, 3.05) is 43.1 Å². The fourth-order valence-electron chi connectivity index (χ4n) is 5.14. The highest BCUT2D eigenvalue weighted by molar-refractivity contribution is 5.94. The van der Waals surface area contributed by atoms with Crippen LogP contribution in [-0.4, -0.2) is 67.2 Å². The van der Waals surface area contributed by atoms with E-state index < -0.39 is 96.7 Å². The number of aromatic nitrogens is 2. The summed E-state index contributed by atoms with van der Waals surface area (Å²) >= 11 is 0. The predicted octanol–water partition coefficient (Wildman–Crippen LogP) is 6.90. The van der Waals surface area contributed by atoms with Gasteiger partial charge in [-0.2, -0.15) is 39.5 Å². The maximum Gasteiger partial charge on any atom is 0.434 e. The average molecular weight is 839 g/mol. The Labute approximate surface area is 308 Å². The molecule has 4 aromatic rings. The van der Waals surface area contributed by atoms with Gasteiger partial charge in [-0.05, 0) is 54.6 Å². The zero-order chi connectivity index (χ0) is 42.9. The van der Waals surface area contributed by atoms with E-state index in [1.165, 1.54) is 6.07 Å². The quantitative estimate of drug-likeness (QED) is 0.0643. The predicted molar refractivity (Wildman–Crippen MR) is 168 cm³/mol. The second-order valence-electron chi connectivity index (χ2n) is 12.0. The van der Waals surface area contributed by atoms with Crippen LogP contribution in [0.15, 0.2) is 63.8 Å². The Hall–Kier alpha value is -5.88. The molecule has 2 aliphatic rings. The Morgan fingerprint density at radius 3 is 1.63 bits per heavy atom. The lowest BCUT2D eigenvalue weighted by Gasteiger charge is -2.41. The third-order valence-electron chi connectivity index (χ3n) is 7.75. The van der Waals surface area contributed by atoms with Gasteiger partial charge in [0.1, 0.15) is 5.82 Å². The Balaban J connectivity index is 0.000000193. The number of nitrogens with two attached hydrogens (primary N) is 1. The van der Waals surface area contributed by atoms with E-state index in [0.29, 0.717) is 24.3 Å². The van der Waals surface area contributed by atoms with Gasteiger partial charge in [0.2, 0.25) is 5.89 Å². The number of nitrogen functional groups attached to an aromatic ring is 1. The number of amides is 1. The number of nitrogens with one attached hydrogen (secondary N) is 2. The number of anilines is 2. The minimum Gasteiger partial charge on any atom is -0.465 e. The number of carbonyl (C=O) groups is 2. The lowest BCUT2D eigenvalue weighted by atomic mass is 10.0. The molecule has 0 radical (unpaired) electrons. The molecule has 4 N–H and O–H groups in total. The zero-order valence-corrected chi connectivity index (χ0v) is 28.3. The van der Waals surface area contributed by atoms with Crippen LogP contribution in [-0.2, 0) is 23.3 Å². The number of ether oxygens (including phenoxy) is 1. The Bertz CT molecular complexity index is 2150. The number of hydrogen-bond donors (Lipinski definition) is 3. The number of halogens is 14. The second kappa shape index (κ2) is 15.9. The molecule has 6 rings (SSSR count). The van der Waals surface area contributed by atoms with Crippen LogP contribution in [0.25, 0.3) is 11.5 Å². The second-order valence-corrected chi connectivity index (χ2v) is 12.0. The lowest BCUT2D eigenvalue weighted by Crippen LogP contribution is -2.56. The standard InChI is InChI=1S/C12H8F5N3O2.C11H10F5N3O.C9H6F4O2/c13-11(14)4-20(5-11)8-2-1-6(3-7(8)12(15,16)17)9-18-19-10(21)22-9;12-10(13)4-19(5-10)8-2-1-6(9(20)18-17)3-7(8)11(14,15)16;1-15-8(14)5-2-3-7(10)6(4-5)9(11,12)13/h1-3H,4-5H2,(H,19,21);1-3H,4-5,17H2,(H,18,20);2-4H,1H3. The molecule has 2 fully saturated rings. The summed E-state index contributed by atoms with van der Waals surface area (Å²) in [6, 6.07) is 7.60. The van der Waals surface area contributed by atoms with E-state index in [4.69, 9.17) is 5.84 Å². The number of carbonyl (C=O) groups excluding carboxylic acids is 2. The molecule has 0 spiro atoms. The van der Waals surface area contributed by atoms with Crippen molar-refractivity contribution in [2.45, 2.75) is 30.4 Å². The number of rotatable bonds is 5. The molecule has 25 heteroatoms. The van der Waals surface area contributed by atoms with Crippen molar-refractivity contribution in [3.63, 3.8) is 0 Å². The summed E-state index contributed by atoms with van der Waals surface area (Å²) in [5.74, 6) is -5.61. The summed E-state index contributed by atoms with van der Waals surface area (Å²) in [7, 11) is 1.03. The smallest absolute Gasteiger partial charge is 0.434 e.